The second-order valence-electron chi connectivity index (χ2n) is 6.27. The maximum Gasteiger partial charge on any atom is 0.104 e. The zero-order valence-corrected chi connectivity index (χ0v) is 13.6. The van der Waals surface area contributed by atoms with Crippen molar-refractivity contribution < 1.29 is 4.39 Å². The minimum atomic E-state index is -0.717. The largest absolute Gasteiger partial charge is 0.328 e. The first-order chi connectivity index (χ1) is 9.04. The number of alkyl halides is 1. The third kappa shape index (κ3) is 9.43. The first-order valence-corrected chi connectivity index (χ1v) is 8.44. The van der Waals surface area contributed by atoms with Gasteiger partial charge in [0.2, 0.25) is 0 Å². The fourth-order valence-electron chi connectivity index (χ4n) is 2.85. The Morgan fingerprint density at radius 3 is 2.00 bits per heavy atom. The molecule has 0 aliphatic carbocycles. The van der Waals surface area contributed by atoms with Gasteiger partial charge in [0.25, 0.3) is 0 Å². The lowest BCUT2D eigenvalue weighted by Gasteiger charge is -2.21. The van der Waals surface area contributed by atoms with Crippen LogP contribution in [0.5, 0.6) is 0 Å². The number of hydrogen-bond donors (Lipinski definition) is 1. The van der Waals surface area contributed by atoms with Gasteiger partial charge < -0.3 is 5.73 Å². The van der Waals surface area contributed by atoms with Gasteiger partial charge in [-0.1, -0.05) is 66.2 Å². The Morgan fingerprint density at radius 1 is 0.947 bits per heavy atom. The predicted molar refractivity (Wildman–Crippen MR) is 84.1 cm³/mol. The Kier molecular flexibility index (Phi) is 11.6. The van der Waals surface area contributed by atoms with E-state index < -0.39 is 6.17 Å². The van der Waals surface area contributed by atoms with Crippen molar-refractivity contribution in [2.24, 2.45) is 17.6 Å². The molecule has 0 spiro atoms. The first kappa shape index (κ1) is 18.9. The molecule has 3 unspecified atom stereocenters. The molecule has 19 heavy (non-hydrogen) atoms. The van der Waals surface area contributed by atoms with Crippen LogP contribution in [0.3, 0.4) is 0 Å². The van der Waals surface area contributed by atoms with Crippen molar-refractivity contribution in [3.05, 3.63) is 0 Å². The molecule has 0 radical (unpaired) electrons. The van der Waals surface area contributed by atoms with Gasteiger partial charge in [0.05, 0.1) is 0 Å². The van der Waals surface area contributed by atoms with Crippen LogP contribution in [0.25, 0.3) is 0 Å². The van der Waals surface area contributed by atoms with E-state index in [2.05, 4.69) is 13.8 Å². The fourth-order valence-corrected chi connectivity index (χ4v) is 2.85. The van der Waals surface area contributed by atoms with Gasteiger partial charge in [-0.3, -0.25) is 0 Å². The summed E-state index contributed by atoms with van der Waals surface area (Å²) in [5.41, 5.74) is 5.83. The van der Waals surface area contributed by atoms with E-state index in [0.29, 0.717) is 6.42 Å². The van der Waals surface area contributed by atoms with Gasteiger partial charge in [0, 0.05) is 6.04 Å². The lowest BCUT2D eigenvalue weighted by atomic mass is 9.88. The quantitative estimate of drug-likeness (QED) is 0.501. The smallest absolute Gasteiger partial charge is 0.104 e. The summed E-state index contributed by atoms with van der Waals surface area (Å²) in [6.07, 6.45) is 9.38. The zero-order chi connectivity index (χ0) is 14.7. The normalized spacial score (nSPS) is 16.6. The summed E-state index contributed by atoms with van der Waals surface area (Å²) in [6.45, 7) is 8.59. The average Bonchev–Trinajstić information content (AvgIpc) is 2.38. The minimum absolute atomic E-state index is 0.0328. The van der Waals surface area contributed by atoms with E-state index in [1.807, 2.05) is 13.8 Å². The Bertz CT molecular complexity index is 190. The Labute approximate surface area is 120 Å². The summed E-state index contributed by atoms with van der Waals surface area (Å²) in [6, 6.07) is 0.0328. The molecular weight excluding hydrogens is 237 g/mol. The maximum atomic E-state index is 14.0. The van der Waals surface area contributed by atoms with Gasteiger partial charge in [0.15, 0.2) is 0 Å². The first-order valence-electron chi connectivity index (χ1n) is 8.44. The standard InChI is InChI=1S/C17H36FN/c1-5-9-15(10-6-2)12-8-11-14(4)17(18)13-16(19)7-3/h14-17H,5-13,19H2,1-4H3. The third-order valence-corrected chi connectivity index (χ3v) is 4.34. The van der Waals surface area contributed by atoms with Crippen molar-refractivity contribution in [1.82, 2.24) is 0 Å². The summed E-state index contributed by atoms with van der Waals surface area (Å²) >= 11 is 0. The number of nitrogens with two attached hydrogens (primary N) is 1. The molecule has 0 fully saturated rings. The Morgan fingerprint density at radius 2 is 1.53 bits per heavy atom. The maximum absolute atomic E-state index is 14.0. The van der Waals surface area contributed by atoms with Crippen LogP contribution < -0.4 is 5.73 Å². The summed E-state index contributed by atoms with van der Waals surface area (Å²) in [5, 5.41) is 0. The summed E-state index contributed by atoms with van der Waals surface area (Å²) < 4.78 is 14.0. The lowest BCUT2D eigenvalue weighted by Crippen LogP contribution is -2.26. The average molecular weight is 273 g/mol. The fraction of sp³-hybridized carbons (Fsp3) is 1.00. The van der Waals surface area contributed by atoms with E-state index in [9.17, 15) is 4.39 Å². The molecule has 0 amide bonds. The van der Waals surface area contributed by atoms with Crippen molar-refractivity contribution in [3.63, 3.8) is 0 Å². The third-order valence-electron chi connectivity index (χ3n) is 4.34. The second kappa shape index (κ2) is 11.7. The molecule has 2 N–H and O–H groups in total. The van der Waals surface area contributed by atoms with Crippen LogP contribution in [-0.2, 0) is 0 Å². The van der Waals surface area contributed by atoms with Gasteiger partial charge in [-0.2, -0.15) is 0 Å². The highest BCUT2D eigenvalue weighted by Gasteiger charge is 2.19. The predicted octanol–water partition coefficient (Wildman–Crippen LogP) is 5.47. The number of halogens is 1. The van der Waals surface area contributed by atoms with E-state index in [1.54, 1.807) is 0 Å². The van der Waals surface area contributed by atoms with Crippen LogP contribution >= 0.6 is 0 Å². The van der Waals surface area contributed by atoms with Crippen molar-refractivity contribution in [2.45, 2.75) is 97.7 Å². The van der Waals surface area contributed by atoms with Crippen LogP contribution in [0.15, 0.2) is 0 Å². The molecule has 0 saturated carbocycles. The van der Waals surface area contributed by atoms with E-state index in [0.717, 1.165) is 18.8 Å². The van der Waals surface area contributed by atoms with Gasteiger partial charge >= 0.3 is 0 Å². The molecule has 0 rings (SSSR count). The molecule has 0 saturated heterocycles. The van der Waals surface area contributed by atoms with Crippen molar-refractivity contribution >= 4 is 0 Å². The van der Waals surface area contributed by atoms with Crippen LogP contribution in [0, 0.1) is 11.8 Å². The van der Waals surface area contributed by atoms with Gasteiger partial charge in [-0.15, -0.1) is 0 Å². The molecule has 0 bridgehead atoms. The Balaban J connectivity index is 3.84. The van der Waals surface area contributed by atoms with Gasteiger partial charge in [-0.05, 0) is 31.1 Å². The molecule has 1 nitrogen and oxygen atoms in total. The highest BCUT2D eigenvalue weighted by atomic mass is 19.1. The monoisotopic (exact) mass is 273 g/mol. The summed E-state index contributed by atoms with van der Waals surface area (Å²) in [5.74, 6) is 1.03. The summed E-state index contributed by atoms with van der Waals surface area (Å²) in [4.78, 5) is 0. The zero-order valence-electron chi connectivity index (χ0n) is 13.6. The van der Waals surface area contributed by atoms with E-state index in [4.69, 9.17) is 5.73 Å². The second-order valence-corrected chi connectivity index (χ2v) is 6.27. The van der Waals surface area contributed by atoms with Crippen LogP contribution in [0.1, 0.15) is 85.5 Å². The van der Waals surface area contributed by atoms with Gasteiger partial charge in [0.1, 0.15) is 6.17 Å². The summed E-state index contributed by atoms with van der Waals surface area (Å²) in [7, 11) is 0. The Hall–Kier alpha value is -0.110. The van der Waals surface area contributed by atoms with Crippen molar-refractivity contribution in [2.75, 3.05) is 0 Å². The molecule has 0 aromatic rings. The van der Waals surface area contributed by atoms with E-state index in [1.165, 1.54) is 38.5 Å². The van der Waals surface area contributed by atoms with Crippen molar-refractivity contribution in [3.8, 4) is 0 Å². The molecule has 0 heterocycles. The van der Waals surface area contributed by atoms with Crippen molar-refractivity contribution in [1.29, 1.82) is 0 Å². The van der Waals surface area contributed by atoms with E-state index >= 15 is 0 Å². The lowest BCUT2D eigenvalue weighted by molar-refractivity contribution is 0.198. The van der Waals surface area contributed by atoms with Crippen LogP contribution in [-0.4, -0.2) is 12.2 Å². The molecule has 0 aliphatic rings. The molecule has 0 aromatic carbocycles. The molecule has 116 valence electrons. The van der Waals surface area contributed by atoms with Crippen LogP contribution in [0.4, 0.5) is 4.39 Å². The SMILES string of the molecule is CCCC(CCC)CCCC(C)C(F)CC(N)CC. The van der Waals surface area contributed by atoms with E-state index in [-0.39, 0.29) is 12.0 Å². The number of hydrogen-bond acceptors (Lipinski definition) is 1. The van der Waals surface area contributed by atoms with Crippen LogP contribution in [0.2, 0.25) is 0 Å². The minimum Gasteiger partial charge on any atom is -0.328 e. The topological polar surface area (TPSA) is 26.0 Å². The molecular formula is C17H36FN. The van der Waals surface area contributed by atoms with Gasteiger partial charge in [-0.25, -0.2) is 4.39 Å². The highest BCUT2D eigenvalue weighted by Crippen LogP contribution is 2.24. The molecule has 3 atom stereocenters. The number of rotatable bonds is 12. The molecule has 0 aromatic heterocycles. The molecule has 2 heteroatoms. The highest BCUT2D eigenvalue weighted by molar-refractivity contribution is 4.72. The molecule has 0 aliphatic heterocycles.